The zero-order valence-electron chi connectivity index (χ0n) is 25.1. The van der Waals surface area contributed by atoms with Crippen molar-refractivity contribution in [2.45, 2.75) is 68.2 Å². The first kappa shape index (κ1) is 36.6. The molecule has 0 unspecified atom stereocenters. The van der Waals surface area contributed by atoms with Crippen LogP contribution < -0.4 is 5.32 Å². The van der Waals surface area contributed by atoms with Crippen LogP contribution in [0.4, 0.5) is 4.39 Å². The number of rotatable bonds is 5. The summed E-state index contributed by atoms with van der Waals surface area (Å²) in [5.41, 5.74) is 8.49. The minimum Gasteiger partial charge on any atom is -0.387 e. The summed E-state index contributed by atoms with van der Waals surface area (Å²) >= 11 is 0. The van der Waals surface area contributed by atoms with Crippen LogP contribution in [0, 0.1) is 26.6 Å². The molecule has 0 fully saturated rings. The summed E-state index contributed by atoms with van der Waals surface area (Å²) in [6, 6.07) is 13.5. The molecule has 2 aromatic carbocycles. The number of aryl methyl sites for hydroxylation is 3. The molecule has 0 atom stereocenters. The molecule has 4 heteroatoms. The Kier molecular flexibility index (Phi) is 21.8. The van der Waals surface area contributed by atoms with Crippen molar-refractivity contribution in [3.63, 3.8) is 0 Å². The van der Waals surface area contributed by atoms with Gasteiger partial charge >= 0.3 is 0 Å². The Morgan fingerprint density at radius 3 is 2.08 bits per heavy atom. The summed E-state index contributed by atoms with van der Waals surface area (Å²) in [4.78, 5) is 9.42. The normalized spacial score (nSPS) is 16.7. The highest BCUT2D eigenvalue weighted by atomic mass is 19.1. The second-order valence-corrected chi connectivity index (χ2v) is 8.25. The Labute approximate surface area is 232 Å². The van der Waals surface area contributed by atoms with Crippen LogP contribution in [0.5, 0.6) is 0 Å². The van der Waals surface area contributed by atoms with E-state index in [1.165, 1.54) is 23.6 Å². The van der Waals surface area contributed by atoms with Gasteiger partial charge in [0, 0.05) is 29.7 Å². The lowest BCUT2D eigenvalue weighted by atomic mass is 10.0. The minimum absolute atomic E-state index is 0.124. The number of nitrogens with zero attached hydrogens (tertiary/aromatic N) is 2. The lowest BCUT2D eigenvalue weighted by Gasteiger charge is -2.11. The van der Waals surface area contributed by atoms with Crippen molar-refractivity contribution >= 4 is 11.9 Å². The number of halogens is 1. The molecule has 1 aliphatic heterocycles. The standard InChI is InChI=1S/C20H27N3.C8H9F.C2H6.2C2H4/c1-5-6-11-22-18-12-20(19-10-8-7-9-15(19)2)23-17(4)16(3)13-21-14-18;1-6-3-4-8(9)7(2)5-6;3*1-2/h7-10,12-13,22H,5-6,11,14H2,1-4H3;3-5H,1-2H3;1-2H3;2*1-2H2/b17-16+,18-12+,21-13?,23-20-;;;;. The van der Waals surface area contributed by atoms with Crippen molar-refractivity contribution in [3.05, 3.63) is 120 Å². The van der Waals surface area contributed by atoms with Gasteiger partial charge in [0.1, 0.15) is 5.82 Å². The van der Waals surface area contributed by atoms with E-state index in [2.05, 4.69) is 87.7 Å². The highest BCUT2D eigenvalue weighted by Crippen LogP contribution is 2.15. The Hall–Kier alpha value is -3.53. The van der Waals surface area contributed by atoms with Gasteiger partial charge < -0.3 is 5.32 Å². The lowest BCUT2D eigenvalue weighted by molar-refractivity contribution is 0.618. The fraction of sp³-hybridized carbons (Fsp3) is 0.353. The topological polar surface area (TPSA) is 36.8 Å². The molecule has 0 aliphatic carbocycles. The first-order chi connectivity index (χ1) is 18.3. The van der Waals surface area contributed by atoms with Crippen LogP contribution in [-0.2, 0) is 0 Å². The van der Waals surface area contributed by atoms with Crippen LogP contribution in [-0.4, -0.2) is 25.0 Å². The van der Waals surface area contributed by atoms with Gasteiger partial charge in [0.2, 0.25) is 0 Å². The first-order valence-corrected chi connectivity index (χ1v) is 13.3. The molecule has 3 rings (SSSR count). The summed E-state index contributed by atoms with van der Waals surface area (Å²) in [6.07, 6.45) is 6.42. The summed E-state index contributed by atoms with van der Waals surface area (Å²) in [5, 5.41) is 3.51. The van der Waals surface area contributed by atoms with E-state index >= 15 is 0 Å². The third-order valence-corrected chi connectivity index (χ3v) is 5.33. The Morgan fingerprint density at radius 2 is 1.53 bits per heavy atom. The van der Waals surface area contributed by atoms with E-state index < -0.39 is 0 Å². The predicted octanol–water partition coefficient (Wildman–Crippen LogP) is 9.51. The van der Waals surface area contributed by atoms with E-state index in [4.69, 9.17) is 4.99 Å². The number of hydrogen-bond acceptors (Lipinski definition) is 3. The number of unbranched alkanes of at least 4 members (excludes halogenated alkanes) is 1. The van der Waals surface area contributed by atoms with Gasteiger partial charge in [-0.3, -0.25) is 9.98 Å². The van der Waals surface area contributed by atoms with E-state index in [1.54, 1.807) is 13.0 Å². The number of hydrogen-bond donors (Lipinski definition) is 1. The minimum atomic E-state index is -0.124. The fourth-order valence-corrected chi connectivity index (χ4v) is 3.21. The molecule has 3 nitrogen and oxygen atoms in total. The maximum absolute atomic E-state index is 12.5. The zero-order valence-corrected chi connectivity index (χ0v) is 25.1. The number of nitrogens with one attached hydrogen (secondary N) is 1. The van der Waals surface area contributed by atoms with Gasteiger partial charge in [-0.2, -0.15) is 0 Å². The molecule has 0 saturated carbocycles. The number of aliphatic imine (C=N–C) groups is 2. The summed E-state index contributed by atoms with van der Waals surface area (Å²) in [5.74, 6) is -0.124. The average Bonchev–Trinajstić information content (AvgIpc) is 3.00. The quantitative estimate of drug-likeness (QED) is 0.310. The highest BCUT2D eigenvalue weighted by molar-refractivity contribution is 6.10. The van der Waals surface area contributed by atoms with Crippen LogP contribution in [0.2, 0.25) is 0 Å². The molecule has 0 radical (unpaired) electrons. The van der Waals surface area contributed by atoms with Crippen molar-refractivity contribution in [1.29, 1.82) is 0 Å². The summed E-state index contributed by atoms with van der Waals surface area (Å²) in [7, 11) is 0. The van der Waals surface area contributed by atoms with Gasteiger partial charge in [-0.25, -0.2) is 4.39 Å². The Bertz CT molecular complexity index is 1060. The molecule has 38 heavy (non-hydrogen) atoms. The second kappa shape index (κ2) is 22.7. The largest absolute Gasteiger partial charge is 0.387 e. The number of allylic oxidation sites excluding steroid dienone is 3. The molecule has 1 N–H and O–H groups in total. The van der Waals surface area contributed by atoms with Crippen LogP contribution >= 0.6 is 0 Å². The van der Waals surface area contributed by atoms with Crippen molar-refractivity contribution in [2.24, 2.45) is 9.98 Å². The van der Waals surface area contributed by atoms with Gasteiger partial charge in [0.15, 0.2) is 0 Å². The third kappa shape index (κ3) is 14.3. The molecule has 208 valence electrons. The van der Waals surface area contributed by atoms with Crippen LogP contribution in [0.25, 0.3) is 0 Å². The maximum atomic E-state index is 12.5. The third-order valence-electron chi connectivity index (χ3n) is 5.33. The lowest BCUT2D eigenvalue weighted by Crippen LogP contribution is -2.18. The van der Waals surface area contributed by atoms with Gasteiger partial charge in [0.05, 0.1) is 12.3 Å². The van der Waals surface area contributed by atoms with Gasteiger partial charge in [0.25, 0.3) is 0 Å². The summed E-state index contributed by atoms with van der Waals surface area (Å²) in [6.45, 7) is 29.8. The monoisotopic (exact) mass is 519 g/mol. The molecular weight excluding hydrogens is 469 g/mol. The Balaban J connectivity index is 0. The molecule has 0 saturated heterocycles. The molecule has 0 bridgehead atoms. The molecule has 1 aliphatic rings. The van der Waals surface area contributed by atoms with Crippen molar-refractivity contribution in [2.75, 3.05) is 13.1 Å². The zero-order chi connectivity index (χ0) is 29.5. The van der Waals surface area contributed by atoms with E-state index in [0.717, 1.165) is 46.8 Å². The van der Waals surface area contributed by atoms with E-state index in [0.29, 0.717) is 6.54 Å². The van der Waals surface area contributed by atoms with Crippen molar-refractivity contribution in [1.82, 2.24) is 5.32 Å². The van der Waals surface area contributed by atoms with Crippen LogP contribution in [0.3, 0.4) is 0 Å². The fourth-order valence-electron chi connectivity index (χ4n) is 3.21. The average molecular weight is 520 g/mol. The highest BCUT2D eigenvalue weighted by Gasteiger charge is 2.08. The van der Waals surface area contributed by atoms with Crippen LogP contribution in [0.1, 0.15) is 69.7 Å². The Morgan fingerprint density at radius 1 is 0.895 bits per heavy atom. The van der Waals surface area contributed by atoms with Gasteiger partial charge in [-0.1, -0.05) is 69.2 Å². The van der Waals surface area contributed by atoms with Gasteiger partial charge in [-0.05, 0) is 69.9 Å². The van der Waals surface area contributed by atoms with E-state index in [9.17, 15) is 4.39 Å². The summed E-state index contributed by atoms with van der Waals surface area (Å²) < 4.78 is 12.5. The van der Waals surface area contributed by atoms with Crippen molar-refractivity contribution in [3.8, 4) is 0 Å². The molecular formula is C34H50FN3. The molecule has 1 heterocycles. The second-order valence-electron chi connectivity index (χ2n) is 8.25. The molecule has 0 amide bonds. The number of benzene rings is 2. The molecule has 0 spiro atoms. The van der Waals surface area contributed by atoms with E-state index in [-0.39, 0.29) is 5.82 Å². The predicted molar refractivity (Wildman–Crippen MR) is 170 cm³/mol. The molecule has 0 aromatic heterocycles. The molecule has 2 aromatic rings. The first-order valence-electron chi connectivity index (χ1n) is 13.3. The van der Waals surface area contributed by atoms with E-state index in [1.807, 2.05) is 40.0 Å². The van der Waals surface area contributed by atoms with Gasteiger partial charge in [-0.15, -0.1) is 26.3 Å². The maximum Gasteiger partial charge on any atom is 0.126 e. The smallest absolute Gasteiger partial charge is 0.126 e. The SMILES string of the molecule is C=C.C=C.CC.CCCCN/C1=C/C(c2ccccc2C)=N/C(C)=C(\C)C=NC1.Cc1ccc(F)c(C)c1. The van der Waals surface area contributed by atoms with Crippen molar-refractivity contribution < 1.29 is 4.39 Å². The van der Waals surface area contributed by atoms with Crippen LogP contribution in [0.15, 0.2) is 102 Å².